The Balaban J connectivity index is 0.00000162. The molecule has 0 aromatic carbocycles. The Morgan fingerprint density at radius 2 is 1.94 bits per heavy atom. The second-order valence-corrected chi connectivity index (χ2v) is 5.58. The predicted octanol–water partition coefficient (Wildman–Crippen LogP) is 1.61. The number of methoxy groups -OCH3 is 1. The third-order valence-electron chi connectivity index (χ3n) is 4.93. The fraction of sp³-hybridized carbons (Fsp3) is 0.923. The molecule has 0 aromatic rings. The van der Waals surface area contributed by atoms with Gasteiger partial charge in [-0.3, -0.25) is 4.79 Å². The van der Waals surface area contributed by atoms with Crippen molar-refractivity contribution in [2.75, 3.05) is 7.11 Å². The van der Waals surface area contributed by atoms with Crippen molar-refractivity contribution < 1.29 is 9.53 Å². The number of carbonyl (C=O) groups excluding carboxylic acids is 1. The molecule has 5 heteroatoms. The van der Waals surface area contributed by atoms with Crippen molar-refractivity contribution >= 4 is 18.3 Å². The van der Waals surface area contributed by atoms with E-state index < -0.39 is 5.54 Å². The summed E-state index contributed by atoms with van der Waals surface area (Å²) in [6.07, 6.45) is 4.90. The largest absolute Gasteiger partial charge is 0.381 e. The fourth-order valence-corrected chi connectivity index (χ4v) is 3.14. The minimum Gasteiger partial charge on any atom is -0.381 e. The van der Waals surface area contributed by atoms with Crippen LogP contribution in [0.2, 0.25) is 0 Å². The van der Waals surface area contributed by atoms with E-state index in [0.29, 0.717) is 0 Å². The van der Waals surface area contributed by atoms with Crippen molar-refractivity contribution in [1.29, 1.82) is 0 Å². The number of hydrogen-bond acceptors (Lipinski definition) is 3. The number of rotatable bonds is 5. The molecule has 2 saturated carbocycles. The molecule has 0 aliphatic heterocycles. The van der Waals surface area contributed by atoms with Gasteiger partial charge in [0.1, 0.15) is 0 Å². The average molecular weight is 277 g/mol. The Labute approximate surface area is 115 Å². The third kappa shape index (κ3) is 2.26. The number of carbonyl (C=O) groups is 1. The highest BCUT2D eigenvalue weighted by Crippen LogP contribution is 2.49. The molecular formula is C13H25ClN2O2. The van der Waals surface area contributed by atoms with Crippen LogP contribution in [0.5, 0.6) is 0 Å². The maximum Gasteiger partial charge on any atom is 0.240 e. The first-order valence-electron chi connectivity index (χ1n) is 6.65. The van der Waals surface area contributed by atoms with Gasteiger partial charge >= 0.3 is 0 Å². The monoisotopic (exact) mass is 276 g/mol. The number of halogens is 1. The first-order valence-corrected chi connectivity index (χ1v) is 6.65. The summed E-state index contributed by atoms with van der Waals surface area (Å²) in [4.78, 5) is 12.0. The van der Waals surface area contributed by atoms with E-state index >= 15 is 0 Å². The van der Waals surface area contributed by atoms with Gasteiger partial charge in [-0.2, -0.15) is 0 Å². The van der Waals surface area contributed by atoms with E-state index in [0.717, 1.165) is 32.1 Å². The molecule has 18 heavy (non-hydrogen) atoms. The summed E-state index contributed by atoms with van der Waals surface area (Å²) >= 11 is 0. The Kier molecular flexibility index (Phi) is 4.68. The van der Waals surface area contributed by atoms with Crippen molar-refractivity contribution in [1.82, 2.24) is 5.32 Å². The molecule has 3 N–H and O–H groups in total. The molecule has 0 aromatic heterocycles. The van der Waals surface area contributed by atoms with E-state index in [-0.39, 0.29) is 35.9 Å². The Morgan fingerprint density at radius 1 is 1.39 bits per heavy atom. The molecule has 2 rings (SSSR count). The Hall–Kier alpha value is -0.320. The molecule has 1 amide bonds. The number of ether oxygens (including phenoxy) is 1. The van der Waals surface area contributed by atoms with Gasteiger partial charge in [0.15, 0.2) is 0 Å². The highest BCUT2D eigenvalue weighted by molar-refractivity contribution is 5.89. The summed E-state index contributed by atoms with van der Waals surface area (Å²) in [7, 11) is 1.76. The summed E-state index contributed by atoms with van der Waals surface area (Å²) in [6, 6.07) is 0.232. The summed E-state index contributed by atoms with van der Waals surface area (Å²) in [5, 5.41) is 3.13. The predicted molar refractivity (Wildman–Crippen MR) is 73.8 cm³/mol. The van der Waals surface area contributed by atoms with Crippen LogP contribution in [0.25, 0.3) is 0 Å². The molecule has 0 heterocycles. The Morgan fingerprint density at radius 3 is 2.33 bits per heavy atom. The van der Waals surface area contributed by atoms with Crippen LogP contribution in [0, 0.1) is 5.41 Å². The van der Waals surface area contributed by atoms with Crippen LogP contribution >= 0.6 is 12.4 Å². The topological polar surface area (TPSA) is 64.4 Å². The minimum atomic E-state index is -0.564. The van der Waals surface area contributed by atoms with Gasteiger partial charge in [0.25, 0.3) is 0 Å². The van der Waals surface area contributed by atoms with E-state index in [9.17, 15) is 4.79 Å². The van der Waals surface area contributed by atoms with E-state index in [2.05, 4.69) is 19.2 Å². The molecule has 0 spiro atoms. The quantitative estimate of drug-likeness (QED) is 0.802. The molecule has 0 bridgehead atoms. The van der Waals surface area contributed by atoms with Gasteiger partial charge in [0.05, 0.1) is 11.6 Å². The smallest absolute Gasteiger partial charge is 0.240 e. The van der Waals surface area contributed by atoms with E-state index in [4.69, 9.17) is 10.5 Å². The molecule has 2 atom stereocenters. The van der Waals surface area contributed by atoms with Crippen LogP contribution in [0.3, 0.4) is 0 Å². The molecule has 2 unspecified atom stereocenters. The van der Waals surface area contributed by atoms with Crippen molar-refractivity contribution in [3.63, 3.8) is 0 Å². The highest BCUT2D eigenvalue weighted by atomic mass is 35.5. The average Bonchev–Trinajstić information content (AvgIpc) is 3.05. The van der Waals surface area contributed by atoms with Crippen LogP contribution in [0.4, 0.5) is 0 Å². The molecule has 0 radical (unpaired) electrons. The Bertz CT molecular complexity index is 314. The maximum absolute atomic E-state index is 12.0. The van der Waals surface area contributed by atoms with Crippen LogP contribution < -0.4 is 11.1 Å². The molecular weight excluding hydrogens is 252 g/mol. The zero-order valence-corrected chi connectivity index (χ0v) is 12.3. The lowest BCUT2D eigenvalue weighted by Gasteiger charge is -2.55. The van der Waals surface area contributed by atoms with Gasteiger partial charge in [-0.15, -0.1) is 12.4 Å². The van der Waals surface area contributed by atoms with Crippen molar-refractivity contribution in [2.45, 2.75) is 63.6 Å². The van der Waals surface area contributed by atoms with Crippen molar-refractivity contribution in [3.8, 4) is 0 Å². The van der Waals surface area contributed by atoms with Gasteiger partial charge in [-0.1, -0.05) is 13.8 Å². The van der Waals surface area contributed by atoms with Crippen LogP contribution in [0.15, 0.2) is 0 Å². The van der Waals surface area contributed by atoms with E-state index in [1.807, 2.05) is 0 Å². The lowest BCUT2D eigenvalue weighted by molar-refractivity contribution is -0.142. The SMILES string of the molecule is CCC1(CC)C(NC(=O)C2(N)CC2)CC1OC.Cl. The highest BCUT2D eigenvalue weighted by Gasteiger charge is 2.56. The zero-order valence-electron chi connectivity index (χ0n) is 11.5. The van der Waals surface area contributed by atoms with Gasteiger partial charge in [0, 0.05) is 18.6 Å². The molecule has 0 saturated heterocycles. The molecule has 2 aliphatic rings. The standard InChI is InChI=1S/C13H24N2O2.ClH/c1-4-12(5-2)9(8-10(12)17-3)15-11(16)13(14)6-7-13;/h9-10H,4-8,14H2,1-3H3,(H,15,16);1H. The minimum absolute atomic E-state index is 0. The molecule has 106 valence electrons. The summed E-state index contributed by atoms with van der Waals surface area (Å²) in [5.41, 5.74) is 5.46. The van der Waals surface area contributed by atoms with Gasteiger partial charge in [0.2, 0.25) is 5.91 Å². The zero-order chi connectivity index (χ0) is 12.7. The molecule has 2 aliphatic carbocycles. The van der Waals surface area contributed by atoms with Gasteiger partial charge in [-0.05, 0) is 32.1 Å². The maximum atomic E-state index is 12.0. The normalized spacial score (nSPS) is 30.9. The summed E-state index contributed by atoms with van der Waals surface area (Å²) in [6.45, 7) is 4.34. The first kappa shape index (κ1) is 15.7. The van der Waals surface area contributed by atoms with Crippen molar-refractivity contribution in [3.05, 3.63) is 0 Å². The lowest BCUT2D eigenvalue weighted by Crippen LogP contribution is -2.65. The number of nitrogens with two attached hydrogens (primary N) is 1. The third-order valence-corrected chi connectivity index (χ3v) is 4.93. The van der Waals surface area contributed by atoms with Crippen LogP contribution in [0.1, 0.15) is 46.0 Å². The van der Waals surface area contributed by atoms with Gasteiger partial charge in [-0.25, -0.2) is 0 Å². The second kappa shape index (κ2) is 5.35. The number of nitrogens with one attached hydrogen (secondary N) is 1. The van der Waals surface area contributed by atoms with Gasteiger partial charge < -0.3 is 15.8 Å². The van der Waals surface area contributed by atoms with Crippen molar-refractivity contribution in [2.24, 2.45) is 11.1 Å². The lowest BCUT2D eigenvalue weighted by atomic mass is 9.58. The summed E-state index contributed by atoms with van der Waals surface area (Å²) in [5.74, 6) is 0.0309. The molecule has 4 nitrogen and oxygen atoms in total. The van der Waals surface area contributed by atoms with Crippen LogP contribution in [-0.4, -0.2) is 30.7 Å². The van der Waals surface area contributed by atoms with Crippen LogP contribution in [-0.2, 0) is 9.53 Å². The molecule has 2 fully saturated rings. The number of amides is 1. The summed E-state index contributed by atoms with van der Waals surface area (Å²) < 4.78 is 5.51. The second-order valence-electron chi connectivity index (χ2n) is 5.58. The fourth-order valence-electron chi connectivity index (χ4n) is 3.14. The van der Waals surface area contributed by atoms with E-state index in [1.165, 1.54) is 0 Å². The van der Waals surface area contributed by atoms with E-state index in [1.54, 1.807) is 7.11 Å². The first-order chi connectivity index (χ1) is 8.02. The number of hydrogen-bond donors (Lipinski definition) is 2.